The lowest BCUT2D eigenvalue weighted by molar-refractivity contribution is -0.157. The van der Waals surface area contributed by atoms with Crippen LogP contribution in [0.15, 0.2) is 4.60 Å². The van der Waals surface area contributed by atoms with E-state index in [9.17, 15) is 14.4 Å². The largest absolute Gasteiger partial charge is 0.465 e. The number of halogens is 1. The number of rotatable bonds is 8. The summed E-state index contributed by atoms with van der Waals surface area (Å²) in [5.41, 5.74) is 0.213. The van der Waals surface area contributed by atoms with E-state index in [1.165, 1.54) is 4.68 Å². The average molecular weight is 417 g/mol. The second-order valence-corrected chi connectivity index (χ2v) is 6.14. The molecule has 8 nitrogen and oxygen atoms in total. The highest BCUT2D eigenvalue weighted by Crippen LogP contribution is 2.40. The van der Waals surface area contributed by atoms with Gasteiger partial charge in [0.1, 0.15) is 10.2 Å². The molecule has 0 atom stereocenters. The molecule has 2 rings (SSSR count). The van der Waals surface area contributed by atoms with E-state index in [1.807, 2.05) is 0 Å². The molecule has 0 spiro atoms. The number of nitrogens with zero attached hydrogens (tertiary/aromatic N) is 2. The molecule has 0 N–H and O–H groups in total. The summed E-state index contributed by atoms with van der Waals surface area (Å²) in [6.07, 6.45) is 1.70. The summed E-state index contributed by atoms with van der Waals surface area (Å²) >= 11 is 3.24. The predicted octanol–water partition coefficient (Wildman–Crippen LogP) is 2.37. The van der Waals surface area contributed by atoms with Crippen molar-refractivity contribution in [2.45, 2.75) is 45.6 Å². The van der Waals surface area contributed by atoms with Crippen LogP contribution in [0.2, 0.25) is 0 Å². The van der Waals surface area contributed by atoms with E-state index >= 15 is 0 Å². The summed E-state index contributed by atoms with van der Waals surface area (Å²) in [5, 5.41) is 4.30. The van der Waals surface area contributed by atoms with E-state index in [0.29, 0.717) is 0 Å². The van der Waals surface area contributed by atoms with E-state index in [0.717, 1.165) is 12.8 Å². The molecule has 25 heavy (non-hydrogen) atoms. The van der Waals surface area contributed by atoms with Crippen molar-refractivity contribution >= 4 is 33.8 Å². The molecule has 1 aliphatic rings. The molecule has 1 aliphatic carbocycles. The minimum absolute atomic E-state index is 0.0285. The van der Waals surface area contributed by atoms with Gasteiger partial charge in [0, 0.05) is 0 Å². The lowest BCUT2D eigenvalue weighted by Gasteiger charge is -2.17. The monoisotopic (exact) mass is 416 g/mol. The fourth-order valence-corrected chi connectivity index (χ4v) is 2.99. The second kappa shape index (κ2) is 8.46. The van der Waals surface area contributed by atoms with Crippen molar-refractivity contribution in [3.8, 4) is 0 Å². The zero-order valence-corrected chi connectivity index (χ0v) is 16.0. The van der Waals surface area contributed by atoms with Gasteiger partial charge in [-0.05, 0) is 49.5 Å². The minimum Gasteiger partial charge on any atom is -0.465 e. The zero-order chi connectivity index (χ0) is 18.6. The maximum Gasteiger partial charge on any atom is 0.342 e. The fraction of sp³-hybridized carbons (Fsp3) is 0.625. The number of carbonyl (C=O) groups is 3. The first-order chi connectivity index (χ1) is 12.0. The Kier molecular flexibility index (Phi) is 6.57. The van der Waals surface area contributed by atoms with E-state index < -0.39 is 23.8 Å². The molecule has 1 saturated carbocycles. The summed E-state index contributed by atoms with van der Waals surface area (Å²) < 4.78 is 16.9. The standard InChI is InChI=1S/C16H21BrN2O6/c1-4-23-14(20)10-12(19(9-7-8-9)18-13(10)17)11(15(21)24-5-2)16(22)25-6-3/h9,11H,4-8H2,1-3H3. The first kappa shape index (κ1) is 19.4. The van der Waals surface area contributed by atoms with Crippen LogP contribution in [0.4, 0.5) is 0 Å². The Bertz CT molecular complexity index is 650. The molecule has 1 aromatic heterocycles. The van der Waals surface area contributed by atoms with Crippen LogP contribution < -0.4 is 0 Å². The Morgan fingerprint density at radius 1 is 1.08 bits per heavy atom. The van der Waals surface area contributed by atoms with Gasteiger partial charge in [0.15, 0.2) is 5.92 Å². The van der Waals surface area contributed by atoms with E-state index in [4.69, 9.17) is 14.2 Å². The van der Waals surface area contributed by atoms with Gasteiger partial charge in [0.05, 0.1) is 31.6 Å². The van der Waals surface area contributed by atoms with Crippen LogP contribution in [-0.2, 0) is 23.8 Å². The molecule has 0 saturated heterocycles. The molecular weight excluding hydrogens is 396 g/mol. The molecule has 0 aromatic carbocycles. The van der Waals surface area contributed by atoms with Gasteiger partial charge >= 0.3 is 17.9 Å². The fourth-order valence-electron chi connectivity index (χ4n) is 2.46. The Hall–Kier alpha value is -1.90. The summed E-state index contributed by atoms with van der Waals surface area (Å²) in [6.45, 7) is 5.30. The van der Waals surface area contributed by atoms with Crippen LogP contribution >= 0.6 is 15.9 Å². The third-order valence-corrected chi connectivity index (χ3v) is 4.15. The highest BCUT2D eigenvalue weighted by molar-refractivity contribution is 9.10. The smallest absolute Gasteiger partial charge is 0.342 e. The summed E-state index contributed by atoms with van der Waals surface area (Å²) in [7, 11) is 0. The second-order valence-electron chi connectivity index (χ2n) is 5.38. The summed E-state index contributed by atoms with van der Waals surface area (Å²) in [4.78, 5) is 37.3. The average Bonchev–Trinajstić information content (AvgIpc) is 3.33. The van der Waals surface area contributed by atoms with Crippen molar-refractivity contribution in [2.75, 3.05) is 19.8 Å². The zero-order valence-electron chi connectivity index (χ0n) is 14.4. The number of aromatic nitrogens is 2. The molecule has 9 heteroatoms. The van der Waals surface area contributed by atoms with Gasteiger partial charge in [-0.1, -0.05) is 0 Å². The molecule has 1 heterocycles. The van der Waals surface area contributed by atoms with Gasteiger partial charge in [-0.15, -0.1) is 0 Å². The lowest BCUT2D eigenvalue weighted by atomic mass is 10.0. The Balaban J connectivity index is 2.58. The maximum atomic E-state index is 12.5. The van der Waals surface area contributed by atoms with Gasteiger partial charge in [-0.2, -0.15) is 5.10 Å². The van der Waals surface area contributed by atoms with E-state index in [-0.39, 0.29) is 41.7 Å². The number of hydrogen-bond acceptors (Lipinski definition) is 7. The van der Waals surface area contributed by atoms with Crippen molar-refractivity contribution < 1.29 is 28.6 Å². The topological polar surface area (TPSA) is 96.7 Å². The molecule has 1 aromatic rings. The van der Waals surface area contributed by atoms with Crippen LogP contribution in [-0.4, -0.2) is 47.5 Å². The van der Waals surface area contributed by atoms with Gasteiger partial charge < -0.3 is 14.2 Å². The minimum atomic E-state index is -1.39. The maximum absolute atomic E-state index is 12.5. The molecular formula is C16H21BrN2O6. The van der Waals surface area contributed by atoms with Crippen LogP contribution in [0, 0.1) is 0 Å². The highest BCUT2D eigenvalue weighted by Gasteiger charge is 2.43. The van der Waals surface area contributed by atoms with Crippen LogP contribution in [0.25, 0.3) is 0 Å². The van der Waals surface area contributed by atoms with Crippen molar-refractivity contribution in [1.82, 2.24) is 9.78 Å². The third-order valence-electron chi connectivity index (χ3n) is 3.60. The first-order valence-electron chi connectivity index (χ1n) is 8.24. The number of hydrogen-bond donors (Lipinski definition) is 0. The molecule has 0 aliphatic heterocycles. The SMILES string of the molecule is CCOC(=O)c1c(Br)nn(C2CC2)c1C(C(=O)OCC)C(=O)OCC. The van der Waals surface area contributed by atoms with Crippen molar-refractivity contribution in [3.63, 3.8) is 0 Å². The normalized spacial score (nSPS) is 13.6. The van der Waals surface area contributed by atoms with Crippen LogP contribution in [0.3, 0.4) is 0 Å². The van der Waals surface area contributed by atoms with Crippen molar-refractivity contribution in [1.29, 1.82) is 0 Å². The molecule has 1 fully saturated rings. The van der Waals surface area contributed by atoms with Crippen LogP contribution in [0.5, 0.6) is 0 Å². The summed E-state index contributed by atoms with van der Waals surface area (Å²) in [6, 6.07) is 0.0285. The molecule has 138 valence electrons. The van der Waals surface area contributed by atoms with Gasteiger partial charge in [-0.3, -0.25) is 14.3 Å². The molecule has 0 bridgehead atoms. The molecule has 0 unspecified atom stereocenters. The third kappa shape index (κ3) is 4.20. The van der Waals surface area contributed by atoms with Crippen molar-refractivity contribution in [2.24, 2.45) is 0 Å². The summed E-state index contributed by atoms with van der Waals surface area (Å²) in [5.74, 6) is -3.60. The Morgan fingerprint density at radius 2 is 1.60 bits per heavy atom. The Labute approximate surface area is 153 Å². The van der Waals surface area contributed by atoms with Crippen molar-refractivity contribution in [3.05, 3.63) is 15.9 Å². The van der Waals surface area contributed by atoms with Gasteiger partial charge in [0.25, 0.3) is 0 Å². The van der Waals surface area contributed by atoms with E-state index in [2.05, 4.69) is 21.0 Å². The van der Waals surface area contributed by atoms with Gasteiger partial charge in [0.2, 0.25) is 0 Å². The van der Waals surface area contributed by atoms with E-state index in [1.54, 1.807) is 20.8 Å². The number of carbonyl (C=O) groups excluding carboxylic acids is 3. The van der Waals surface area contributed by atoms with Gasteiger partial charge in [-0.25, -0.2) is 4.79 Å². The molecule has 0 radical (unpaired) electrons. The molecule has 0 amide bonds. The first-order valence-corrected chi connectivity index (χ1v) is 9.03. The number of esters is 3. The Morgan fingerprint density at radius 3 is 2.04 bits per heavy atom. The quantitative estimate of drug-likeness (QED) is 0.364. The highest BCUT2D eigenvalue weighted by atomic mass is 79.9. The lowest BCUT2D eigenvalue weighted by Crippen LogP contribution is -2.30. The number of ether oxygens (including phenoxy) is 3. The van der Waals surface area contributed by atoms with Crippen LogP contribution in [0.1, 0.15) is 61.6 Å². The predicted molar refractivity (Wildman–Crippen MR) is 90.2 cm³/mol.